The summed E-state index contributed by atoms with van der Waals surface area (Å²) in [7, 11) is 0. The Morgan fingerprint density at radius 1 is 1.12 bits per heavy atom. The van der Waals surface area contributed by atoms with Gasteiger partial charge in [0, 0.05) is 18.4 Å². The van der Waals surface area contributed by atoms with E-state index in [9.17, 15) is 0 Å². The molecule has 0 saturated heterocycles. The zero-order valence-corrected chi connectivity index (χ0v) is 9.56. The van der Waals surface area contributed by atoms with Gasteiger partial charge in [-0.25, -0.2) is 4.98 Å². The second-order valence-electron chi connectivity index (χ2n) is 4.21. The average molecular weight is 225 g/mol. The molecule has 3 rings (SSSR count). The molecule has 0 saturated carbocycles. The van der Waals surface area contributed by atoms with Crippen molar-refractivity contribution in [2.75, 3.05) is 17.2 Å². The van der Waals surface area contributed by atoms with Crippen LogP contribution in [0.2, 0.25) is 0 Å². The zero-order valence-electron chi connectivity index (χ0n) is 9.56. The largest absolute Gasteiger partial charge is 0.385 e. The highest BCUT2D eigenvalue weighted by molar-refractivity contribution is 5.56. The van der Waals surface area contributed by atoms with E-state index in [2.05, 4.69) is 39.9 Å². The lowest BCUT2D eigenvalue weighted by Gasteiger charge is -2.27. The summed E-state index contributed by atoms with van der Waals surface area (Å²) in [5, 5.41) is 6.90. The number of benzene rings is 1. The predicted molar refractivity (Wildman–Crippen MR) is 70.1 cm³/mol. The first-order chi connectivity index (χ1) is 8.43. The van der Waals surface area contributed by atoms with Crippen molar-refractivity contribution in [2.24, 2.45) is 0 Å². The molecule has 0 aliphatic carbocycles. The van der Waals surface area contributed by atoms with Crippen molar-refractivity contribution in [3.8, 4) is 0 Å². The van der Waals surface area contributed by atoms with E-state index in [0.29, 0.717) is 6.04 Å². The lowest BCUT2D eigenvalue weighted by Crippen LogP contribution is -2.22. The molecule has 0 amide bonds. The molecule has 3 heteroatoms. The molecule has 1 aromatic heterocycles. The van der Waals surface area contributed by atoms with Crippen molar-refractivity contribution >= 4 is 11.5 Å². The molecule has 2 heterocycles. The minimum atomic E-state index is 0.349. The number of hydrogen-bond acceptors (Lipinski definition) is 3. The van der Waals surface area contributed by atoms with E-state index >= 15 is 0 Å². The Balaban J connectivity index is 1.86. The second kappa shape index (κ2) is 4.45. The van der Waals surface area contributed by atoms with Crippen molar-refractivity contribution < 1.29 is 0 Å². The van der Waals surface area contributed by atoms with Crippen molar-refractivity contribution in [1.29, 1.82) is 0 Å². The third kappa shape index (κ3) is 2.09. The maximum absolute atomic E-state index is 4.31. The number of pyridine rings is 1. The molecule has 3 nitrogen and oxygen atoms in total. The third-order valence-corrected chi connectivity index (χ3v) is 3.07. The van der Waals surface area contributed by atoms with Crippen LogP contribution in [-0.4, -0.2) is 11.5 Å². The smallest absolute Gasteiger partial charge is 0.126 e. The van der Waals surface area contributed by atoms with Crippen LogP contribution in [0.1, 0.15) is 18.0 Å². The molecule has 1 atom stereocenters. The van der Waals surface area contributed by atoms with E-state index in [1.54, 1.807) is 0 Å². The molecule has 0 radical (unpaired) electrons. The van der Waals surface area contributed by atoms with E-state index in [-0.39, 0.29) is 0 Å². The van der Waals surface area contributed by atoms with Crippen LogP contribution >= 0.6 is 0 Å². The fourth-order valence-corrected chi connectivity index (χ4v) is 2.25. The minimum absolute atomic E-state index is 0.349. The fraction of sp³-hybridized carbons (Fsp3) is 0.214. The number of para-hydroxylation sites is 1. The Morgan fingerprint density at radius 2 is 2.00 bits per heavy atom. The first-order valence-electron chi connectivity index (χ1n) is 5.94. The normalized spacial score (nSPS) is 18.0. The zero-order chi connectivity index (χ0) is 11.5. The van der Waals surface area contributed by atoms with Crippen molar-refractivity contribution in [3.63, 3.8) is 0 Å². The van der Waals surface area contributed by atoms with Gasteiger partial charge in [0.25, 0.3) is 0 Å². The molecule has 0 fully saturated rings. The summed E-state index contributed by atoms with van der Waals surface area (Å²) in [6.07, 6.45) is 2.89. The van der Waals surface area contributed by atoms with Gasteiger partial charge in [-0.15, -0.1) is 0 Å². The fourth-order valence-electron chi connectivity index (χ4n) is 2.25. The number of nitrogens with one attached hydrogen (secondary N) is 2. The molecule has 1 unspecified atom stereocenters. The Bertz CT molecular complexity index is 496. The summed E-state index contributed by atoms with van der Waals surface area (Å²) in [6, 6.07) is 14.7. The molecule has 0 spiro atoms. The molecule has 1 aromatic carbocycles. The van der Waals surface area contributed by atoms with Crippen molar-refractivity contribution in [3.05, 3.63) is 54.2 Å². The second-order valence-corrected chi connectivity index (χ2v) is 4.21. The van der Waals surface area contributed by atoms with Crippen LogP contribution in [-0.2, 0) is 0 Å². The van der Waals surface area contributed by atoms with Crippen LogP contribution in [0.5, 0.6) is 0 Å². The first kappa shape index (κ1) is 10.1. The van der Waals surface area contributed by atoms with Crippen LogP contribution in [0.15, 0.2) is 48.7 Å². The first-order valence-corrected chi connectivity index (χ1v) is 5.94. The van der Waals surface area contributed by atoms with Crippen LogP contribution < -0.4 is 10.6 Å². The Kier molecular flexibility index (Phi) is 2.66. The summed E-state index contributed by atoms with van der Waals surface area (Å²) in [6.45, 7) is 1.00. The number of hydrogen-bond donors (Lipinski definition) is 2. The molecule has 0 bridgehead atoms. The van der Waals surface area contributed by atoms with Gasteiger partial charge >= 0.3 is 0 Å². The molecule has 1 aliphatic rings. The molecule has 2 N–H and O–H groups in total. The third-order valence-electron chi connectivity index (χ3n) is 3.07. The van der Waals surface area contributed by atoms with E-state index in [1.807, 2.05) is 24.4 Å². The quantitative estimate of drug-likeness (QED) is 0.824. The summed E-state index contributed by atoms with van der Waals surface area (Å²) >= 11 is 0. The van der Waals surface area contributed by atoms with Crippen LogP contribution in [0.3, 0.4) is 0 Å². The number of anilines is 2. The summed E-state index contributed by atoms with van der Waals surface area (Å²) in [4.78, 5) is 4.31. The average Bonchev–Trinajstić information content (AvgIpc) is 2.40. The van der Waals surface area contributed by atoms with Gasteiger partial charge in [0.15, 0.2) is 0 Å². The lowest BCUT2D eigenvalue weighted by atomic mass is 9.98. The van der Waals surface area contributed by atoms with Crippen LogP contribution in [0, 0.1) is 0 Å². The van der Waals surface area contributed by atoms with Crippen LogP contribution in [0.25, 0.3) is 0 Å². The van der Waals surface area contributed by atoms with Gasteiger partial charge in [-0.1, -0.05) is 24.3 Å². The summed E-state index contributed by atoms with van der Waals surface area (Å²) < 4.78 is 0. The monoisotopic (exact) mass is 225 g/mol. The predicted octanol–water partition coefficient (Wildman–Crippen LogP) is 3.05. The molecular weight excluding hydrogens is 210 g/mol. The van der Waals surface area contributed by atoms with Gasteiger partial charge in [-0.3, -0.25) is 0 Å². The van der Waals surface area contributed by atoms with Crippen molar-refractivity contribution in [2.45, 2.75) is 12.5 Å². The molecule has 17 heavy (non-hydrogen) atoms. The highest BCUT2D eigenvalue weighted by Crippen LogP contribution is 2.31. The molecular formula is C14H15N3. The Labute approximate surface area is 101 Å². The van der Waals surface area contributed by atoms with E-state index < -0.39 is 0 Å². The highest BCUT2D eigenvalue weighted by Gasteiger charge is 2.19. The number of aromatic nitrogens is 1. The molecule has 86 valence electrons. The van der Waals surface area contributed by atoms with E-state index in [4.69, 9.17) is 0 Å². The van der Waals surface area contributed by atoms with Crippen molar-refractivity contribution in [1.82, 2.24) is 4.98 Å². The molecule has 2 aromatic rings. The summed E-state index contributed by atoms with van der Waals surface area (Å²) in [5.41, 5.74) is 2.55. The van der Waals surface area contributed by atoms with Gasteiger partial charge < -0.3 is 10.6 Å². The highest BCUT2D eigenvalue weighted by atomic mass is 15.0. The van der Waals surface area contributed by atoms with Gasteiger partial charge in [0.2, 0.25) is 0 Å². The van der Waals surface area contributed by atoms with Gasteiger partial charge in [-0.2, -0.15) is 0 Å². The van der Waals surface area contributed by atoms with Gasteiger partial charge in [0.1, 0.15) is 5.82 Å². The topological polar surface area (TPSA) is 37.0 Å². The van der Waals surface area contributed by atoms with E-state index in [0.717, 1.165) is 18.8 Å². The maximum Gasteiger partial charge on any atom is 0.126 e. The SMILES string of the molecule is c1ccc(NC2CCNc3ccccc32)nc1. The summed E-state index contributed by atoms with van der Waals surface area (Å²) in [5.74, 6) is 0.939. The van der Waals surface area contributed by atoms with Gasteiger partial charge in [-0.05, 0) is 30.2 Å². The van der Waals surface area contributed by atoms with E-state index in [1.165, 1.54) is 11.3 Å². The van der Waals surface area contributed by atoms with Gasteiger partial charge in [0.05, 0.1) is 6.04 Å². The Hall–Kier alpha value is -2.03. The molecule has 1 aliphatic heterocycles. The standard InChI is InChI=1S/C14H15N3/c1-2-6-12-11(5-1)13(8-10-15-12)17-14-7-3-4-9-16-14/h1-7,9,13,15H,8,10H2,(H,16,17). The number of rotatable bonds is 2. The lowest BCUT2D eigenvalue weighted by molar-refractivity contribution is 0.694. The number of nitrogens with zero attached hydrogens (tertiary/aromatic N) is 1. The maximum atomic E-state index is 4.31. The number of fused-ring (bicyclic) bond motifs is 1. The van der Waals surface area contributed by atoms with Crippen LogP contribution in [0.4, 0.5) is 11.5 Å². The minimum Gasteiger partial charge on any atom is -0.385 e. The Morgan fingerprint density at radius 3 is 2.88 bits per heavy atom.